The summed E-state index contributed by atoms with van der Waals surface area (Å²) in [6.45, 7) is 13.1. The number of aryl methyl sites for hydroxylation is 2. The topological polar surface area (TPSA) is 63.2 Å². The molecule has 5 heteroatoms. The van der Waals surface area contributed by atoms with Crippen molar-refractivity contribution in [3.05, 3.63) is 70.8 Å². The fraction of sp³-hybridized carbons (Fsp3) is 0.381. The number of hydrogen-bond acceptors (Lipinski definition) is 3. The van der Waals surface area contributed by atoms with Gasteiger partial charge in [-0.25, -0.2) is 0 Å². The van der Waals surface area contributed by atoms with Crippen LogP contribution < -0.4 is 148 Å². The van der Waals surface area contributed by atoms with Gasteiger partial charge in [-0.05, 0) is 43.0 Å². The van der Waals surface area contributed by atoms with Crippen LogP contribution in [0, 0.1) is 13.8 Å². The molecule has 0 unspecified atom stereocenters. The molecule has 0 aromatic heterocycles. The van der Waals surface area contributed by atoms with Crippen molar-refractivity contribution in [1.82, 2.24) is 0 Å². The minimum absolute atomic E-state index is 0. The maximum absolute atomic E-state index is 8.33. The van der Waals surface area contributed by atoms with Crippen LogP contribution in [0.5, 0.6) is 0 Å². The molecule has 26 heavy (non-hydrogen) atoms. The minimum Gasteiger partial charge on any atom is -0.652 e. The largest absolute Gasteiger partial charge is 1.00 e. The Hall–Kier alpha value is 1.81. The van der Waals surface area contributed by atoms with Crippen molar-refractivity contribution in [2.24, 2.45) is 0 Å². The molecule has 0 spiro atoms. The average molecular weight is 594 g/mol. The molecule has 0 bridgehead atoms. The Morgan fingerprint density at radius 3 is 1.00 bits per heavy atom. The Morgan fingerprint density at radius 2 is 0.846 bits per heavy atom. The molecule has 0 aliphatic carbocycles. The monoisotopic (exact) mass is 594 g/mol. The molecule has 2 rings (SSSR count). The molecule has 132 valence electrons. The second-order valence-electron chi connectivity index (χ2n) is 6.38. The van der Waals surface area contributed by atoms with Crippen molar-refractivity contribution in [3.63, 3.8) is 0 Å². The summed E-state index contributed by atoms with van der Waals surface area (Å²) < 4.78 is 0. The van der Waals surface area contributed by atoms with Gasteiger partial charge in [0.15, 0.2) is 0 Å². The molecule has 0 heterocycles. The minimum atomic E-state index is -2.33. The van der Waals surface area contributed by atoms with Gasteiger partial charge in [0, 0.05) is 0 Å². The molecular weight excluding hydrogens is 566 g/mol. The molecule has 0 radical (unpaired) electrons. The standard InChI is InChI=1S/2C10H14.CH2O3.2Cs/c2*1-8(2)10-6-4-9(3)5-7-10;2-1(3)4;;/h2*4-8H,1-3H3;(H2,2,3,4);;/q;;;2*+1/p-2. The fourth-order valence-corrected chi connectivity index (χ4v) is 1.90. The van der Waals surface area contributed by atoms with Gasteiger partial charge in [-0.15, -0.1) is 0 Å². The van der Waals surface area contributed by atoms with Gasteiger partial charge in [-0.3, -0.25) is 0 Å². The maximum Gasteiger partial charge on any atom is 1.00 e. The molecule has 0 aliphatic rings. The number of carbonyl (C=O) groups excluding carboxylic acids is 1. The van der Waals surface area contributed by atoms with Crippen molar-refractivity contribution in [1.29, 1.82) is 0 Å². The van der Waals surface area contributed by atoms with Gasteiger partial charge >= 0.3 is 138 Å². The Labute approximate surface area is 276 Å². The van der Waals surface area contributed by atoms with E-state index in [4.69, 9.17) is 15.0 Å². The van der Waals surface area contributed by atoms with E-state index in [-0.39, 0.29) is 138 Å². The number of hydrogen-bond donors (Lipinski definition) is 0. The summed E-state index contributed by atoms with van der Waals surface area (Å²) in [5.41, 5.74) is 5.52. The Balaban J connectivity index is -0.000000319. The Bertz CT molecular complexity index is 538. The first kappa shape index (κ1) is 32.5. The van der Waals surface area contributed by atoms with E-state index >= 15 is 0 Å². The third kappa shape index (κ3) is 17.9. The zero-order valence-corrected chi connectivity index (χ0v) is 30.1. The van der Waals surface area contributed by atoms with Crippen molar-refractivity contribution in [3.8, 4) is 0 Å². The van der Waals surface area contributed by atoms with Gasteiger partial charge in [-0.2, -0.15) is 0 Å². The first-order valence-corrected chi connectivity index (χ1v) is 8.14. The van der Waals surface area contributed by atoms with E-state index in [0.717, 1.165) is 0 Å². The van der Waals surface area contributed by atoms with Gasteiger partial charge in [0.2, 0.25) is 0 Å². The van der Waals surface area contributed by atoms with Crippen molar-refractivity contribution in [2.75, 3.05) is 0 Å². The maximum atomic E-state index is 8.33. The molecule has 0 fully saturated rings. The van der Waals surface area contributed by atoms with Crippen LogP contribution in [0.1, 0.15) is 61.8 Å². The van der Waals surface area contributed by atoms with Crippen LogP contribution in [-0.4, -0.2) is 6.16 Å². The SMILES string of the molecule is Cc1ccc(C(C)C)cc1.Cc1ccc(C(C)C)cc1.O=C([O-])[O-].[Cs+].[Cs+]. The summed E-state index contributed by atoms with van der Waals surface area (Å²) in [6, 6.07) is 17.4. The van der Waals surface area contributed by atoms with E-state index in [9.17, 15) is 0 Å². The molecule has 0 saturated heterocycles. The quantitative estimate of drug-likeness (QED) is 0.397. The summed E-state index contributed by atoms with van der Waals surface area (Å²) in [5.74, 6) is 1.31. The number of benzene rings is 2. The normalized spacial score (nSPS) is 8.92. The van der Waals surface area contributed by atoms with Crippen LogP contribution in [0.2, 0.25) is 0 Å². The summed E-state index contributed by atoms with van der Waals surface area (Å²) in [7, 11) is 0. The van der Waals surface area contributed by atoms with Gasteiger partial charge in [0.05, 0.1) is 0 Å². The van der Waals surface area contributed by atoms with Crippen LogP contribution in [-0.2, 0) is 0 Å². The zero-order valence-electron chi connectivity index (χ0n) is 17.5. The molecule has 2 aromatic rings. The van der Waals surface area contributed by atoms with Crippen LogP contribution in [0.3, 0.4) is 0 Å². The van der Waals surface area contributed by atoms with Crippen LogP contribution in [0.4, 0.5) is 4.79 Å². The van der Waals surface area contributed by atoms with E-state index in [1.807, 2.05) is 0 Å². The van der Waals surface area contributed by atoms with Gasteiger partial charge in [0.1, 0.15) is 0 Å². The molecule has 3 nitrogen and oxygen atoms in total. The summed E-state index contributed by atoms with van der Waals surface area (Å²) in [6.07, 6.45) is -2.33. The second kappa shape index (κ2) is 18.8. The van der Waals surface area contributed by atoms with Gasteiger partial charge in [-0.1, -0.05) is 87.4 Å². The average Bonchev–Trinajstić information content (AvgIpc) is 2.48. The fourth-order valence-electron chi connectivity index (χ4n) is 1.90. The van der Waals surface area contributed by atoms with E-state index in [2.05, 4.69) is 90.1 Å². The molecule has 0 atom stereocenters. The first-order chi connectivity index (χ1) is 11.1. The number of carbonyl (C=O) groups is 1. The Morgan fingerprint density at radius 1 is 0.654 bits per heavy atom. The molecule has 0 aliphatic heterocycles. The Kier molecular flexibility index (Phi) is 23.5. The van der Waals surface area contributed by atoms with Crippen LogP contribution >= 0.6 is 0 Å². The first-order valence-electron chi connectivity index (χ1n) is 8.14. The van der Waals surface area contributed by atoms with E-state index < -0.39 is 6.16 Å². The number of carboxylic acid groups (broad SMARTS) is 2. The third-order valence-corrected chi connectivity index (χ3v) is 3.49. The second-order valence-corrected chi connectivity index (χ2v) is 6.38. The molecular formula is C21H28Cs2O3. The van der Waals surface area contributed by atoms with Crippen LogP contribution in [0.15, 0.2) is 48.5 Å². The van der Waals surface area contributed by atoms with E-state index in [0.29, 0.717) is 11.8 Å². The molecule has 0 saturated carbocycles. The summed E-state index contributed by atoms with van der Waals surface area (Å²) in [5, 5.41) is 16.7. The molecule has 0 amide bonds. The van der Waals surface area contributed by atoms with Crippen molar-refractivity contribution in [2.45, 2.75) is 53.4 Å². The third-order valence-electron chi connectivity index (χ3n) is 3.49. The summed E-state index contributed by atoms with van der Waals surface area (Å²) >= 11 is 0. The number of rotatable bonds is 2. The predicted molar refractivity (Wildman–Crippen MR) is 95.9 cm³/mol. The van der Waals surface area contributed by atoms with Crippen molar-refractivity contribution < 1.29 is 153 Å². The van der Waals surface area contributed by atoms with Crippen LogP contribution in [0.25, 0.3) is 0 Å². The molecule has 2 aromatic carbocycles. The van der Waals surface area contributed by atoms with E-state index in [1.54, 1.807) is 0 Å². The predicted octanol–water partition coefficient (Wildman–Crippen LogP) is -2.20. The van der Waals surface area contributed by atoms with Gasteiger partial charge < -0.3 is 15.0 Å². The van der Waals surface area contributed by atoms with Crippen molar-refractivity contribution >= 4 is 6.16 Å². The molecule has 0 N–H and O–H groups in total. The van der Waals surface area contributed by atoms with Gasteiger partial charge in [0.25, 0.3) is 0 Å². The zero-order chi connectivity index (χ0) is 18.7. The smallest absolute Gasteiger partial charge is 0.652 e. The van der Waals surface area contributed by atoms with E-state index in [1.165, 1.54) is 22.3 Å². The summed E-state index contributed by atoms with van der Waals surface area (Å²) in [4.78, 5) is 8.33.